The highest BCUT2D eigenvalue weighted by atomic mass is 16.3. The quantitative estimate of drug-likeness (QED) is 0.549. The van der Waals surface area contributed by atoms with E-state index in [2.05, 4.69) is 28.5 Å². The van der Waals surface area contributed by atoms with E-state index in [4.69, 9.17) is 4.42 Å². The van der Waals surface area contributed by atoms with Crippen molar-refractivity contribution >= 4 is 22.5 Å². The largest absolute Gasteiger partial charge is 0.451 e. The molecule has 3 aromatic heterocycles. The molecule has 4 aromatic rings. The highest BCUT2D eigenvalue weighted by Gasteiger charge is 2.18. The van der Waals surface area contributed by atoms with Gasteiger partial charge in [-0.3, -0.25) is 9.20 Å². The lowest BCUT2D eigenvalue weighted by molar-refractivity contribution is 0.0926. The van der Waals surface area contributed by atoms with Crippen LogP contribution in [-0.2, 0) is 6.42 Å². The Balaban J connectivity index is 1.41. The maximum atomic E-state index is 12.5. The molecular formula is C21H22N4O2. The van der Waals surface area contributed by atoms with Crippen LogP contribution in [0.2, 0.25) is 0 Å². The summed E-state index contributed by atoms with van der Waals surface area (Å²) in [5.74, 6) is 1.11. The SMILES string of the molecule is Cc1cc2oc(C(=O)NCCCc3nnc4ccccn34)c(C)c2cc1C. The Kier molecular flexibility index (Phi) is 4.39. The van der Waals surface area contributed by atoms with Crippen molar-refractivity contribution < 1.29 is 9.21 Å². The second-order valence-electron chi connectivity index (χ2n) is 6.89. The van der Waals surface area contributed by atoms with Crippen LogP contribution in [0.4, 0.5) is 0 Å². The number of hydrogen-bond acceptors (Lipinski definition) is 4. The van der Waals surface area contributed by atoms with Crippen molar-refractivity contribution in [2.75, 3.05) is 6.54 Å². The van der Waals surface area contributed by atoms with Crippen molar-refractivity contribution in [3.63, 3.8) is 0 Å². The number of amides is 1. The summed E-state index contributed by atoms with van der Waals surface area (Å²) < 4.78 is 7.79. The molecule has 6 heteroatoms. The van der Waals surface area contributed by atoms with Gasteiger partial charge in [0.15, 0.2) is 11.4 Å². The first-order chi connectivity index (χ1) is 13.0. The molecule has 0 aliphatic rings. The maximum absolute atomic E-state index is 12.5. The molecule has 1 N–H and O–H groups in total. The Morgan fingerprint density at radius 2 is 1.96 bits per heavy atom. The van der Waals surface area contributed by atoms with Gasteiger partial charge in [-0.2, -0.15) is 0 Å². The van der Waals surface area contributed by atoms with Gasteiger partial charge in [-0.05, 0) is 62.6 Å². The number of nitrogens with zero attached hydrogens (tertiary/aromatic N) is 3. The first kappa shape index (κ1) is 17.3. The van der Waals surface area contributed by atoms with E-state index in [1.54, 1.807) is 0 Å². The standard InChI is InChI=1S/C21H22N4O2/c1-13-11-16-15(3)20(27-17(16)12-14(13)2)21(26)22-9-6-8-19-24-23-18-7-4-5-10-25(18)19/h4-5,7,10-12H,6,8-9H2,1-3H3,(H,22,26). The number of fused-ring (bicyclic) bond motifs is 2. The molecule has 138 valence electrons. The molecule has 0 unspecified atom stereocenters. The second-order valence-corrected chi connectivity index (χ2v) is 6.89. The third kappa shape index (κ3) is 3.18. The minimum absolute atomic E-state index is 0.176. The van der Waals surface area contributed by atoms with Crippen molar-refractivity contribution in [3.8, 4) is 0 Å². The monoisotopic (exact) mass is 362 g/mol. The fourth-order valence-corrected chi connectivity index (χ4v) is 3.28. The molecule has 1 amide bonds. The van der Waals surface area contributed by atoms with Crippen LogP contribution in [0.5, 0.6) is 0 Å². The van der Waals surface area contributed by atoms with Crippen LogP contribution >= 0.6 is 0 Å². The van der Waals surface area contributed by atoms with Crippen molar-refractivity contribution in [1.82, 2.24) is 19.9 Å². The number of aryl methyl sites for hydroxylation is 4. The normalized spacial score (nSPS) is 11.4. The third-order valence-corrected chi connectivity index (χ3v) is 5.01. The molecule has 0 aliphatic carbocycles. The lowest BCUT2D eigenvalue weighted by atomic mass is 10.1. The van der Waals surface area contributed by atoms with Crippen LogP contribution in [0.1, 0.15) is 39.5 Å². The maximum Gasteiger partial charge on any atom is 0.287 e. The molecule has 0 bridgehead atoms. The minimum atomic E-state index is -0.176. The number of nitrogens with one attached hydrogen (secondary N) is 1. The van der Waals surface area contributed by atoms with E-state index in [1.807, 2.05) is 48.7 Å². The zero-order valence-electron chi connectivity index (χ0n) is 15.7. The molecule has 3 heterocycles. The average molecular weight is 362 g/mol. The fourth-order valence-electron chi connectivity index (χ4n) is 3.28. The highest BCUT2D eigenvalue weighted by Crippen LogP contribution is 2.27. The molecule has 0 atom stereocenters. The van der Waals surface area contributed by atoms with E-state index < -0.39 is 0 Å². The van der Waals surface area contributed by atoms with Gasteiger partial charge >= 0.3 is 0 Å². The number of pyridine rings is 1. The van der Waals surface area contributed by atoms with Gasteiger partial charge in [0.2, 0.25) is 0 Å². The predicted octanol–water partition coefficient (Wildman–Crippen LogP) is 3.76. The lowest BCUT2D eigenvalue weighted by Crippen LogP contribution is -2.25. The summed E-state index contributed by atoms with van der Waals surface area (Å²) in [6.07, 6.45) is 3.47. The molecular weight excluding hydrogens is 340 g/mol. The summed E-state index contributed by atoms with van der Waals surface area (Å²) in [5, 5.41) is 12.3. The van der Waals surface area contributed by atoms with Crippen LogP contribution in [0.15, 0.2) is 40.9 Å². The number of hydrogen-bond donors (Lipinski definition) is 1. The Labute approximate surface area is 157 Å². The van der Waals surface area contributed by atoms with Gasteiger partial charge in [-0.1, -0.05) is 6.07 Å². The van der Waals surface area contributed by atoms with E-state index in [1.165, 1.54) is 5.56 Å². The van der Waals surface area contributed by atoms with E-state index >= 15 is 0 Å². The topological polar surface area (TPSA) is 72.4 Å². The Hall–Kier alpha value is -3.15. The molecule has 1 aromatic carbocycles. The van der Waals surface area contributed by atoms with Gasteiger partial charge in [-0.25, -0.2) is 0 Å². The van der Waals surface area contributed by atoms with Crippen LogP contribution in [0.25, 0.3) is 16.6 Å². The zero-order valence-corrected chi connectivity index (χ0v) is 15.7. The van der Waals surface area contributed by atoms with E-state index in [-0.39, 0.29) is 5.91 Å². The first-order valence-electron chi connectivity index (χ1n) is 9.12. The summed E-state index contributed by atoms with van der Waals surface area (Å²) in [6, 6.07) is 9.88. The van der Waals surface area contributed by atoms with Gasteiger partial charge < -0.3 is 9.73 Å². The summed E-state index contributed by atoms with van der Waals surface area (Å²) >= 11 is 0. The molecule has 0 spiro atoms. The van der Waals surface area contributed by atoms with Crippen LogP contribution in [0, 0.1) is 20.8 Å². The molecule has 0 saturated carbocycles. The van der Waals surface area contributed by atoms with E-state index in [0.29, 0.717) is 12.3 Å². The Morgan fingerprint density at radius 3 is 2.81 bits per heavy atom. The van der Waals surface area contributed by atoms with Gasteiger partial charge in [0.25, 0.3) is 5.91 Å². The van der Waals surface area contributed by atoms with Crippen LogP contribution in [0.3, 0.4) is 0 Å². The van der Waals surface area contributed by atoms with Gasteiger partial charge in [0, 0.05) is 30.1 Å². The molecule has 0 radical (unpaired) electrons. The zero-order chi connectivity index (χ0) is 19.0. The summed E-state index contributed by atoms with van der Waals surface area (Å²) in [4.78, 5) is 12.5. The number of carbonyl (C=O) groups excluding carboxylic acids is 1. The Bertz CT molecular complexity index is 1140. The predicted molar refractivity (Wildman–Crippen MR) is 104 cm³/mol. The molecule has 6 nitrogen and oxygen atoms in total. The number of aromatic nitrogens is 3. The number of rotatable bonds is 5. The summed E-state index contributed by atoms with van der Waals surface area (Å²) in [5.41, 5.74) is 4.83. The van der Waals surface area contributed by atoms with Crippen LogP contribution < -0.4 is 5.32 Å². The molecule has 0 fully saturated rings. The van der Waals surface area contributed by atoms with E-state index in [0.717, 1.165) is 46.4 Å². The summed E-state index contributed by atoms with van der Waals surface area (Å²) in [7, 11) is 0. The number of benzene rings is 1. The Morgan fingerprint density at radius 1 is 1.15 bits per heavy atom. The van der Waals surface area contributed by atoms with E-state index in [9.17, 15) is 4.79 Å². The first-order valence-corrected chi connectivity index (χ1v) is 9.12. The molecule has 4 rings (SSSR count). The third-order valence-electron chi connectivity index (χ3n) is 5.01. The number of carbonyl (C=O) groups is 1. The smallest absolute Gasteiger partial charge is 0.287 e. The van der Waals surface area contributed by atoms with Gasteiger partial charge in [0.05, 0.1) is 0 Å². The second kappa shape index (κ2) is 6.87. The fraction of sp³-hybridized carbons (Fsp3) is 0.286. The number of furan rings is 1. The molecule has 27 heavy (non-hydrogen) atoms. The van der Waals surface area contributed by atoms with Gasteiger partial charge in [0.1, 0.15) is 11.4 Å². The molecule has 0 aliphatic heterocycles. The van der Waals surface area contributed by atoms with Crippen LogP contribution in [-0.4, -0.2) is 27.0 Å². The van der Waals surface area contributed by atoms with Crippen molar-refractivity contribution in [1.29, 1.82) is 0 Å². The van der Waals surface area contributed by atoms with Crippen molar-refractivity contribution in [2.45, 2.75) is 33.6 Å². The van der Waals surface area contributed by atoms with Gasteiger partial charge in [-0.15, -0.1) is 10.2 Å². The lowest BCUT2D eigenvalue weighted by Gasteiger charge is -2.03. The average Bonchev–Trinajstić information content (AvgIpc) is 3.21. The molecule has 0 saturated heterocycles. The van der Waals surface area contributed by atoms with Crippen molar-refractivity contribution in [3.05, 3.63) is 64.8 Å². The highest BCUT2D eigenvalue weighted by molar-refractivity contribution is 5.99. The summed E-state index contributed by atoms with van der Waals surface area (Å²) in [6.45, 7) is 6.59. The minimum Gasteiger partial charge on any atom is -0.451 e. The van der Waals surface area contributed by atoms with Crippen molar-refractivity contribution in [2.24, 2.45) is 0 Å².